The highest BCUT2D eigenvalue weighted by atomic mass is 16.9. The predicted octanol–water partition coefficient (Wildman–Crippen LogP) is 4.07. The summed E-state index contributed by atoms with van der Waals surface area (Å²) in [5.41, 5.74) is 1.92. The molecule has 0 aromatic heterocycles. The maximum atomic E-state index is 6.07. The summed E-state index contributed by atoms with van der Waals surface area (Å²) < 4.78 is 46.2. The summed E-state index contributed by atoms with van der Waals surface area (Å²) in [6, 6.07) is 16.5. The molecule has 0 N–H and O–H groups in total. The van der Waals surface area contributed by atoms with Crippen LogP contribution < -0.4 is 9.47 Å². The van der Waals surface area contributed by atoms with Crippen LogP contribution in [-0.4, -0.2) is 64.8 Å². The molecule has 2 aromatic rings. The minimum Gasteiger partial charge on any atom is -0.493 e. The molecule has 194 valence electrons. The lowest BCUT2D eigenvalue weighted by molar-refractivity contribution is -0.461. The van der Waals surface area contributed by atoms with Crippen LogP contribution in [0.4, 0.5) is 0 Å². The summed E-state index contributed by atoms with van der Waals surface area (Å²) >= 11 is 0. The van der Waals surface area contributed by atoms with Gasteiger partial charge >= 0.3 is 0 Å². The molecular weight excluding hydrogens is 464 g/mol. The van der Waals surface area contributed by atoms with Gasteiger partial charge in [0.05, 0.1) is 50.5 Å². The number of hydrogen-bond acceptors (Lipinski definition) is 8. The van der Waals surface area contributed by atoms with Gasteiger partial charge in [-0.2, -0.15) is 0 Å². The van der Waals surface area contributed by atoms with Crippen LogP contribution in [-0.2, 0) is 28.4 Å². The molecule has 0 spiro atoms. The molecule has 6 aliphatic rings. The van der Waals surface area contributed by atoms with Crippen LogP contribution in [0.1, 0.15) is 37.8 Å². The van der Waals surface area contributed by atoms with E-state index >= 15 is 0 Å². The van der Waals surface area contributed by atoms with Gasteiger partial charge in [-0.15, -0.1) is 0 Å². The fourth-order valence-electron chi connectivity index (χ4n) is 4.83. The SMILES string of the molecule is CC(c1ccc(OCC23COC(C)(OC2)OC3)cc1)c1ccc(OCC23COC(C)(OC2)OC3)cc1. The van der Waals surface area contributed by atoms with Gasteiger partial charge in [0.1, 0.15) is 24.7 Å². The minimum atomic E-state index is -0.893. The molecule has 6 saturated heterocycles. The lowest BCUT2D eigenvalue weighted by Crippen LogP contribution is -2.60. The Labute approximate surface area is 211 Å². The minimum absolute atomic E-state index is 0.236. The largest absolute Gasteiger partial charge is 0.493 e. The molecule has 6 heterocycles. The Balaban J connectivity index is 1.02. The van der Waals surface area contributed by atoms with E-state index in [2.05, 4.69) is 31.2 Å². The van der Waals surface area contributed by atoms with Gasteiger partial charge in [-0.05, 0) is 35.4 Å². The van der Waals surface area contributed by atoms with Crippen molar-refractivity contribution < 1.29 is 37.9 Å². The summed E-state index contributed by atoms with van der Waals surface area (Å²) in [6.07, 6.45) is 0. The highest BCUT2D eigenvalue weighted by Gasteiger charge is 2.51. The number of benzene rings is 2. The lowest BCUT2D eigenvalue weighted by Gasteiger charge is -2.49. The maximum Gasteiger partial charge on any atom is 0.279 e. The van der Waals surface area contributed by atoms with E-state index in [9.17, 15) is 0 Å². The molecule has 8 heteroatoms. The average Bonchev–Trinajstić information content (AvgIpc) is 2.93. The number of fused-ring (bicyclic) bond motifs is 6. The van der Waals surface area contributed by atoms with Crippen molar-refractivity contribution in [2.75, 3.05) is 52.9 Å². The van der Waals surface area contributed by atoms with Crippen LogP contribution in [0.3, 0.4) is 0 Å². The smallest absolute Gasteiger partial charge is 0.279 e. The number of ether oxygens (including phenoxy) is 8. The fourth-order valence-corrected chi connectivity index (χ4v) is 4.83. The molecule has 8 nitrogen and oxygen atoms in total. The van der Waals surface area contributed by atoms with E-state index in [0.717, 1.165) is 11.5 Å². The molecule has 0 saturated carbocycles. The van der Waals surface area contributed by atoms with Gasteiger partial charge in [0, 0.05) is 19.8 Å². The molecule has 2 aromatic carbocycles. The third kappa shape index (κ3) is 4.74. The first-order chi connectivity index (χ1) is 17.3. The van der Waals surface area contributed by atoms with Crippen molar-refractivity contribution in [1.29, 1.82) is 0 Å². The first-order valence-corrected chi connectivity index (χ1v) is 12.6. The second-order valence-corrected chi connectivity index (χ2v) is 10.9. The van der Waals surface area contributed by atoms with Gasteiger partial charge < -0.3 is 37.9 Å². The Kier molecular flexibility index (Phi) is 6.02. The van der Waals surface area contributed by atoms with Gasteiger partial charge in [0.25, 0.3) is 11.9 Å². The van der Waals surface area contributed by atoms with Crippen molar-refractivity contribution in [1.82, 2.24) is 0 Å². The first-order valence-electron chi connectivity index (χ1n) is 12.6. The van der Waals surface area contributed by atoms with Gasteiger partial charge in [-0.3, -0.25) is 0 Å². The third-order valence-corrected chi connectivity index (χ3v) is 7.69. The van der Waals surface area contributed by atoms with Gasteiger partial charge in [0.15, 0.2) is 0 Å². The molecule has 8 rings (SSSR count). The maximum absolute atomic E-state index is 6.07. The molecule has 4 bridgehead atoms. The van der Waals surface area contributed by atoms with E-state index in [-0.39, 0.29) is 16.7 Å². The summed E-state index contributed by atoms with van der Waals surface area (Å²) in [7, 11) is 0. The molecule has 6 fully saturated rings. The van der Waals surface area contributed by atoms with E-state index in [0.29, 0.717) is 52.9 Å². The Hall–Kier alpha value is -2.20. The quantitative estimate of drug-likeness (QED) is 0.539. The number of rotatable bonds is 8. The molecule has 0 radical (unpaired) electrons. The van der Waals surface area contributed by atoms with Crippen molar-refractivity contribution in [2.45, 2.75) is 38.6 Å². The second-order valence-electron chi connectivity index (χ2n) is 10.9. The van der Waals surface area contributed by atoms with E-state index in [1.807, 2.05) is 24.3 Å². The third-order valence-electron chi connectivity index (χ3n) is 7.69. The highest BCUT2D eigenvalue weighted by molar-refractivity contribution is 5.37. The zero-order chi connectivity index (χ0) is 24.9. The van der Waals surface area contributed by atoms with Crippen LogP contribution in [0.15, 0.2) is 48.5 Å². The molecule has 36 heavy (non-hydrogen) atoms. The van der Waals surface area contributed by atoms with E-state index in [1.54, 1.807) is 13.8 Å². The zero-order valence-electron chi connectivity index (χ0n) is 21.1. The first kappa shape index (κ1) is 24.2. The zero-order valence-corrected chi connectivity index (χ0v) is 21.1. The van der Waals surface area contributed by atoms with E-state index in [4.69, 9.17) is 37.9 Å². The Morgan fingerprint density at radius 1 is 0.583 bits per heavy atom. The van der Waals surface area contributed by atoms with E-state index < -0.39 is 11.9 Å². The fraction of sp³-hybridized carbons (Fsp3) is 0.571. The molecular formula is C28H34O8. The monoisotopic (exact) mass is 498 g/mol. The Bertz CT molecular complexity index is 931. The predicted molar refractivity (Wildman–Crippen MR) is 129 cm³/mol. The molecule has 6 aliphatic heterocycles. The topological polar surface area (TPSA) is 73.8 Å². The van der Waals surface area contributed by atoms with Crippen LogP contribution in [0, 0.1) is 10.8 Å². The van der Waals surface area contributed by atoms with Gasteiger partial charge in [-0.1, -0.05) is 31.2 Å². The molecule has 0 aliphatic carbocycles. The van der Waals surface area contributed by atoms with Crippen LogP contribution in [0.25, 0.3) is 0 Å². The van der Waals surface area contributed by atoms with Crippen molar-refractivity contribution in [3.63, 3.8) is 0 Å². The molecule has 0 unspecified atom stereocenters. The average molecular weight is 499 g/mol. The van der Waals surface area contributed by atoms with Gasteiger partial charge in [-0.25, -0.2) is 0 Å². The summed E-state index contributed by atoms with van der Waals surface area (Å²) in [6.45, 7) is 10.3. The molecule has 0 amide bonds. The van der Waals surface area contributed by atoms with Crippen LogP contribution >= 0.6 is 0 Å². The summed E-state index contributed by atoms with van der Waals surface area (Å²) in [4.78, 5) is 0. The van der Waals surface area contributed by atoms with Gasteiger partial charge in [0.2, 0.25) is 0 Å². The van der Waals surface area contributed by atoms with Crippen molar-refractivity contribution in [3.05, 3.63) is 59.7 Å². The standard InChI is InChI=1S/C28H34O8/c1-20(21-4-8-23(9-5-21)29-12-27-14-31-25(2,32-15-27)33-16-27)22-6-10-24(11-7-22)30-13-28-17-34-26(3,35-18-28)36-19-28/h4-11,20H,12-19H2,1-3H3. The van der Waals surface area contributed by atoms with Crippen LogP contribution in [0.5, 0.6) is 11.5 Å². The normalized spacial score (nSPS) is 36.0. The van der Waals surface area contributed by atoms with E-state index in [1.165, 1.54) is 11.1 Å². The van der Waals surface area contributed by atoms with Crippen molar-refractivity contribution in [3.8, 4) is 11.5 Å². The second kappa shape index (κ2) is 8.97. The van der Waals surface area contributed by atoms with Crippen LogP contribution in [0.2, 0.25) is 0 Å². The Morgan fingerprint density at radius 2 is 0.889 bits per heavy atom. The van der Waals surface area contributed by atoms with Crippen molar-refractivity contribution >= 4 is 0 Å². The summed E-state index contributed by atoms with van der Waals surface area (Å²) in [5.74, 6) is 0.0982. The number of hydrogen-bond donors (Lipinski definition) is 0. The summed E-state index contributed by atoms with van der Waals surface area (Å²) in [5, 5.41) is 0. The molecule has 0 atom stereocenters. The Morgan fingerprint density at radius 3 is 1.19 bits per heavy atom. The highest BCUT2D eigenvalue weighted by Crippen LogP contribution is 2.39. The lowest BCUT2D eigenvalue weighted by atomic mass is 9.90. The van der Waals surface area contributed by atoms with Crippen molar-refractivity contribution in [2.24, 2.45) is 10.8 Å².